The van der Waals surface area contributed by atoms with Crippen LogP contribution in [0.2, 0.25) is 0 Å². The maximum Gasteiger partial charge on any atom is 0.191 e. The topological polar surface area (TPSA) is 64.1 Å². The Morgan fingerprint density at radius 1 is 1.31 bits per heavy atom. The number of halogens is 1. The molecule has 1 atom stereocenters. The highest BCUT2D eigenvalue weighted by atomic mass is 127. The summed E-state index contributed by atoms with van der Waals surface area (Å²) in [5.74, 6) is 1.70. The van der Waals surface area contributed by atoms with E-state index in [1.54, 1.807) is 7.11 Å². The molecule has 6 nitrogen and oxygen atoms in total. The van der Waals surface area contributed by atoms with E-state index < -0.39 is 0 Å². The number of benzene rings is 1. The van der Waals surface area contributed by atoms with Crippen molar-refractivity contribution in [3.8, 4) is 5.75 Å². The zero-order valence-electron chi connectivity index (χ0n) is 15.8. The van der Waals surface area contributed by atoms with Crippen molar-refractivity contribution >= 4 is 29.9 Å². The summed E-state index contributed by atoms with van der Waals surface area (Å²) >= 11 is 0. The summed E-state index contributed by atoms with van der Waals surface area (Å²) in [5.41, 5.74) is 1.12. The predicted molar refractivity (Wildman–Crippen MR) is 116 cm³/mol. The fourth-order valence-corrected chi connectivity index (χ4v) is 2.65. The van der Waals surface area contributed by atoms with E-state index in [4.69, 9.17) is 14.2 Å². The first-order valence-corrected chi connectivity index (χ1v) is 9.16. The van der Waals surface area contributed by atoms with Gasteiger partial charge in [0.15, 0.2) is 5.96 Å². The summed E-state index contributed by atoms with van der Waals surface area (Å²) in [5, 5.41) is 6.64. The van der Waals surface area contributed by atoms with E-state index >= 15 is 0 Å². The van der Waals surface area contributed by atoms with Gasteiger partial charge in [-0.3, -0.25) is 0 Å². The summed E-state index contributed by atoms with van der Waals surface area (Å²) in [6.45, 7) is 6.55. The Morgan fingerprint density at radius 2 is 2.19 bits per heavy atom. The zero-order chi connectivity index (χ0) is 17.7. The number of nitrogens with zero attached hydrogens (tertiary/aromatic N) is 1. The summed E-state index contributed by atoms with van der Waals surface area (Å²) in [6, 6.07) is 8.08. The third-order valence-electron chi connectivity index (χ3n) is 3.95. The number of aliphatic imine (C=N–C) groups is 1. The van der Waals surface area contributed by atoms with Gasteiger partial charge in [0.05, 0.1) is 19.3 Å². The number of methoxy groups -OCH3 is 1. The predicted octanol–water partition coefficient (Wildman–Crippen LogP) is 2.95. The summed E-state index contributed by atoms with van der Waals surface area (Å²) < 4.78 is 16.4. The van der Waals surface area contributed by atoms with Gasteiger partial charge in [-0.2, -0.15) is 0 Å². The Morgan fingerprint density at radius 3 is 2.92 bits per heavy atom. The molecule has 1 heterocycles. The molecule has 0 amide bonds. The van der Waals surface area contributed by atoms with E-state index in [2.05, 4.69) is 28.6 Å². The lowest BCUT2D eigenvalue weighted by Crippen LogP contribution is -2.41. The third-order valence-corrected chi connectivity index (χ3v) is 3.95. The average Bonchev–Trinajstić information content (AvgIpc) is 3.15. The number of guanidine groups is 1. The number of hydrogen-bond donors (Lipinski definition) is 2. The highest BCUT2D eigenvalue weighted by molar-refractivity contribution is 14.0. The molecular formula is C19H32IN3O3. The fourth-order valence-electron chi connectivity index (χ4n) is 2.65. The van der Waals surface area contributed by atoms with Gasteiger partial charge < -0.3 is 24.8 Å². The van der Waals surface area contributed by atoms with Crippen molar-refractivity contribution in [2.24, 2.45) is 4.99 Å². The minimum atomic E-state index is 0. The molecular weight excluding hydrogens is 445 g/mol. The molecule has 1 saturated heterocycles. The van der Waals surface area contributed by atoms with Gasteiger partial charge in [0.25, 0.3) is 0 Å². The van der Waals surface area contributed by atoms with Crippen LogP contribution in [-0.4, -0.2) is 52.1 Å². The van der Waals surface area contributed by atoms with Gasteiger partial charge in [0.1, 0.15) is 5.75 Å². The zero-order valence-corrected chi connectivity index (χ0v) is 18.2. The standard InChI is InChI=1S/C19H31N3O3.HI/c1-3-20-19(22-15-18-9-5-11-25-18)21-14-16-7-4-8-17(13-16)24-12-6-10-23-2;/h4,7-8,13,18H,3,5-6,9-12,14-15H2,1-2H3,(H2,20,21,22);1H. The second kappa shape index (κ2) is 14.1. The maximum atomic E-state index is 5.74. The van der Waals surface area contributed by atoms with Gasteiger partial charge in [0.2, 0.25) is 0 Å². The van der Waals surface area contributed by atoms with Crippen LogP contribution in [0.15, 0.2) is 29.3 Å². The largest absolute Gasteiger partial charge is 0.493 e. The first-order chi connectivity index (χ1) is 12.3. The smallest absolute Gasteiger partial charge is 0.191 e. The lowest BCUT2D eigenvalue weighted by molar-refractivity contribution is 0.114. The van der Waals surface area contributed by atoms with Crippen molar-refractivity contribution in [1.29, 1.82) is 0 Å². The molecule has 0 aromatic heterocycles. The number of nitrogens with one attached hydrogen (secondary N) is 2. The highest BCUT2D eigenvalue weighted by Crippen LogP contribution is 2.14. The van der Waals surface area contributed by atoms with Crippen LogP contribution < -0.4 is 15.4 Å². The van der Waals surface area contributed by atoms with E-state index in [0.29, 0.717) is 25.9 Å². The van der Waals surface area contributed by atoms with E-state index in [-0.39, 0.29) is 24.0 Å². The molecule has 1 unspecified atom stereocenters. The lowest BCUT2D eigenvalue weighted by atomic mass is 10.2. The van der Waals surface area contributed by atoms with Gasteiger partial charge in [-0.15, -0.1) is 24.0 Å². The van der Waals surface area contributed by atoms with E-state index in [1.807, 2.05) is 18.2 Å². The number of hydrogen-bond acceptors (Lipinski definition) is 4. The van der Waals surface area contributed by atoms with E-state index in [1.165, 1.54) is 0 Å². The Kier molecular flexibility index (Phi) is 12.4. The molecule has 1 aliphatic heterocycles. The molecule has 0 saturated carbocycles. The van der Waals surface area contributed by atoms with Crippen LogP contribution in [0.25, 0.3) is 0 Å². The van der Waals surface area contributed by atoms with Crippen molar-refractivity contribution in [3.05, 3.63) is 29.8 Å². The molecule has 148 valence electrons. The van der Waals surface area contributed by atoms with E-state index in [9.17, 15) is 0 Å². The first-order valence-electron chi connectivity index (χ1n) is 9.16. The molecule has 0 spiro atoms. The lowest BCUT2D eigenvalue weighted by Gasteiger charge is -2.15. The molecule has 0 radical (unpaired) electrons. The highest BCUT2D eigenvalue weighted by Gasteiger charge is 2.15. The molecule has 1 aromatic rings. The minimum Gasteiger partial charge on any atom is -0.493 e. The Balaban J connectivity index is 0.00000338. The van der Waals surface area contributed by atoms with Crippen molar-refractivity contribution in [3.63, 3.8) is 0 Å². The fraction of sp³-hybridized carbons (Fsp3) is 0.632. The number of ether oxygens (including phenoxy) is 3. The molecule has 1 aromatic carbocycles. The van der Waals surface area contributed by atoms with Gasteiger partial charge in [-0.1, -0.05) is 12.1 Å². The molecule has 26 heavy (non-hydrogen) atoms. The molecule has 2 rings (SSSR count). The van der Waals surface area contributed by atoms with Gasteiger partial charge in [-0.05, 0) is 37.5 Å². The second-order valence-corrected chi connectivity index (χ2v) is 6.05. The molecule has 7 heteroatoms. The molecule has 1 aliphatic rings. The Labute approximate surface area is 174 Å². The SMILES string of the molecule is CCNC(=NCc1cccc(OCCCOC)c1)NCC1CCCO1.I. The summed E-state index contributed by atoms with van der Waals surface area (Å²) in [7, 11) is 1.70. The van der Waals surface area contributed by atoms with Crippen molar-refractivity contribution < 1.29 is 14.2 Å². The number of rotatable bonds is 10. The van der Waals surface area contributed by atoms with Crippen molar-refractivity contribution in [1.82, 2.24) is 10.6 Å². The van der Waals surface area contributed by atoms with Crippen LogP contribution in [0.4, 0.5) is 0 Å². The van der Waals surface area contributed by atoms with Crippen LogP contribution in [0, 0.1) is 0 Å². The summed E-state index contributed by atoms with van der Waals surface area (Å²) in [6.07, 6.45) is 3.45. The van der Waals surface area contributed by atoms with Crippen LogP contribution >= 0.6 is 24.0 Å². The van der Waals surface area contributed by atoms with Gasteiger partial charge in [-0.25, -0.2) is 4.99 Å². The molecule has 2 N–H and O–H groups in total. The average molecular weight is 477 g/mol. The molecule has 0 bridgehead atoms. The Hall–Kier alpha value is -1.06. The van der Waals surface area contributed by atoms with E-state index in [0.717, 1.165) is 56.2 Å². The summed E-state index contributed by atoms with van der Waals surface area (Å²) in [4.78, 5) is 4.66. The first kappa shape index (κ1) is 23.0. The minimum absolute atomic E-state index is 0. The van der Waals surface area contributed by atoms with Gasteiger partial charge in [0, 0.05) is 39.8 Å². The third kappa shape index (κ3) is 9.05. The van der Waals surface area contributed by atoms with Crippen molar-refractivity contribution in [2.45, 2.75) is 38.8 Å². The monoisotopic (exact) mass is 477 g/mol. The maximum absolute atomic E-state index is 5.74. The normalized spacial score (nSPS) is 16.8. The second-order valence-electron chi connectivity index (χ2n) is 6.05. The van der Waals surface area contributed by atoms with Crippen LogP contribution in [0.1, 0.15) is 31.7 Å². The molecule has 1 fully saturated rings. The molecule has 0 aliphatic carbocycles. The Bertz CT molecular complexity index is 523. The van der Waals surface area contributed by atoms with Gasteiger partial charge >= 0.3 is 0 Å². The quantitative estimate of drug-likeness (QED) is 0.235. The van der Waals surface area contributed by atoms with Crippen LogP contribution in [0.3, 0.4) is 0 Å². The van der Waals surface area contributed by atoms with Crippen LogP contribution in [-0.2, 0) is 16.0 Å². The van der Waals surface area contributed by atoms with Crippen molar-refractivity contribution in [2.75, 3.05) is 40.0 Å². The van der Waals surface area contributed by atoms with Crippen LogP contribution in [0.5, 0.6) is 5.75 Å².